The fourth-order valence-electron chi connectivity index (χ4n) is 3.78. The van der Waals surface area contributed by atoms with Crippen LogP contribution in [0.3, 0.4) is 0 Å². The molecule has 3 heterocycles. The lowest BCUT2D eigenvalue weighted by molar-refractivity contribution is 0.288. The maximum Gasteiger partial charge on any atom is 0.214 e. The Morgan fingerprint density at radius 1 is 1.07 bits per heavy atom. The van der Waals surface area contributed by atoms with E-state index in [9.17, 15) is 0 Å². The Balaban J connectivity index is 1.53. The normalized spacial score (nSPS) is 13.1. The van der Waals surface area contributed by atoms with Crippen LogP contribution in [0.1, 0.15) is 23.4 Å². The van der Waals surface area contributed by atoms with Crippen LogP contribution in [0.15, 0.2) is 55.0 Å². The molecule has 0 radical (unpaired) electrons. The smallest absolute Gasteiger partial charge is 0.214 e. The van der Waals surface area contributed by atoms with Crippen molar-refractivity contribution in [3.05, 3.63) is 71.9 Å². The van der Waals surface area contributed by atoms with Crippen molar-refractivity contribution in [1.29, 1.82) is 0 Å². The molecule has 1 aliphatic rings. The third-order valence-corrected chi connectivity index (χ3v) is 5.16. The summed E-state index contributed by atoms with van der Waals surface area (Å²) in [4.78, 5) is 13.6. The number of nitrogens with zero attached hydrogens (tertiary/aromatic N) is 4. The van der Waals surface area contributed by atoms with Crippen molar-refractivity contribution in [1.82, 2.24) is 19.5 Å². The van der Waals surface area contributed by atoms with Gasteiger partial charge in [-0.05, 0) is 60.2 Å². The van der Waals surface area contributed by atoms with Gasteiger partial charge in [0.15, 0.2) is 0 Å². The first-order valence-corrected chi connectivity index (χ1v) is 9.25. The number of aromatic nitrogens is 4. The number of rotatable bonds is 4. The minimum Gasteiger partial charge on any atom is -0.471 e. The van der Waals surface area contributed by atoms with E-state index in [1.807, 2.05) is 36.1 Å². The molecule has 5 nitrogen and oxygen atoms in total. The van der Waals surface area contributed by atoms with Crippen molar-refractivity contribution in [2.24, 2.45) is 7.05 Å². The predicted octanol–water partition coefficient (Wildman–Crippen LogP) is 4.10. The zero-order valence-corrected chi connectivity index (χ0v) is 15.2. The molecule has 5 heteroatoms. The number of imidazole rings is 1. The molecule has 0 spiro atoms. The van der Waals surface area contributed by atoms with Crippen LogP contribution in [0, 0.1) is 0 Å². The highest BCUT2D eigenvalue weighted by Gasteiger charge is 2.20. The van der Waals surface area contributed by atoms with Gasteiger partial charge in [-0.2, -0.15) is 0 Å². The number of ether oxygens (including phenoxy) is 1. The van der Waals surface area contributed by atoms with Gasteiger partial charge in [0.2, 0.25) is 5.88 Å². The van der Waals surface area contributed by atoms with Crippen molar-refractivity contribution in [2.75, 3.05) is 0 Å². The van der Waals surface area contributed by atoms with Crippen molar-refractivity contribution < 1.29 is 4.74 Å². The van der Waals surface area contributed by atoms with E-state index in [-0.39, 0.29) is 0 Å². The lowest BCUT2D eigenvalue weighted by atomic mass is 9.99. The molecule has 1 aliphatic carbocycles. The number of fused-ring (bicyclic) bond motifs is 2. The number of aryl methyl sites for hydroxylation is 2. The SMILES string of the molecule is Cn1cnc2cc(-c3cc(OCc4ccccn4)nc4c3CCC4)ccc21. The van der Waals surface area contributed by atoms with Crippen LogP contribution in [0.2, 0.25) is 0 Å². The van der Waals surface area contributed by atoms with E-state index in [0.29, 0.717) is 12.5 Å². The topological polar surface area (TPSA) is 52.8 Å². The van der Waals surface area contributed by atoms with Crippen molar-refractivity contribution in [3.8, 4) is 17.0 Å². The Kier molecular flexibility index (Phi) is 3.85. The van der Waals surface area contributed by atoms with Crippen LogP contribution in [-0.2, 0) is 26.5 Å². The zero-order valence-electron chi connectivity index (χ0n) is 15.2. The van der Waals surface area contributed by atoms with Crippen molar-refractivity contribution >= 4 is 11.0 Å². The quantitative estimate of drug-likeness (QED) is 0.552. The molecule has 0 saturated heterocycles. The Labute approximate surface area is 157 Å². The van der Waals surface area contributed by atoms with Crippen molar-refractivity contribution in [3.63, 3.8) is 0 Å². The fraction of sp³-hybridized carbons (Fsp3) is 0.227. The molecule has 27 heavy (non-hydrogen) atoms. The fourth-order valence-corrected chi connectivity index (χ4v) is 3.78. The summed E-state index contributed by atoms with van der Waals surface area (Å²) < 4.78 is 8.02. The van der Waals surface area contributed by atoms with Gasteiger partial charge in [0.05, 0.1) is 23.1 Å². The number of pyridine rings is 2. The largest absolute Gasteiger partial charge is 0.471 e. The molecule has 5 rings (SSSR count). The molecule has 134 valence electrons. The van der Waals surface area contributed by atoms with E-state index in [2.05, 4.69) is 34.2 Å². The Morgan fingerprint density at radius 2 is 2.04 bits per heavy atom. The maximum absolute atomic E-state index is 5.98. The van der Waals surface area contributed by atoms with E-state index >= 15 is 0 Å². The van der Waals surface area contributed by atoms with Crippen LogP contribution in [-0.4, -0.2) is 19.5 Å². The molecular weight excluding hydrogens is 336 g/mol. The van der Waals surface area contributed by atoms with Gasteiger partial charge in [-0.25, -0.2) is 9.97 Å². The number of hydrogen-bond donors (Lipinski definition) is 0. The highest BCUT2D eigenvalue weighted by Crippen LogP contribution is 2.35. The Hall–Kier alpha value is -3.21. The van der Waals surface area contributed by atoms with E-state index in [1.54, 1.807) is 6.20 Å². The Bertz CT molecular complexity index is 1120. The summed E-state index contributed by atoms with van der Waals surface area (Å²) in [6.07, 6.45) is 6.85. The van der Waals surface area contributed by atoms with Crippen LogP contribution in [0.4, 0.5) is 0 Å². The highest BCUT2D eigenvalue weighted by molar-refractivity contribution is 5.83. The molecule has 0 fully saturated rings. The minimum absolute atomic E-state index is 0.422. The monoisotopic (exact) mass is 356 g/mol. The van der Waals surface area contributed by atoms with Crippen LogP contribution < -0.4 is 4.74 Å². The summed E-state index contributed by atoms with van der Waals surface area (Å²) in [5, 5.41) is 0. The van der Waals surface area contributed by atoms with Gasteiger partial charge in [-0.1, -0.05) is 12.1 Å². The molecule has 4 aromatic rings. The summed E-state index contributed by atoms with van der Waals surface area (Å²) in [6.45, 7) is 0.422. The van der Waals surface area contributed by atoms with Gasteiger partial charge in [0, 0.05) is 25.0 Å². The molecule has 0 N–H and O–H groups in total. The Morgan fingerprint density at radius 3 is 2.93 bits per heavy atom. The number of benzene rings is 1. The molecule has 3 aromatic heterocycles. The molecular formula is C22H20N4O. The van der Waals surface area contributed by atoms with Crippen LogP contribution in [0.5, 0.6) is 5.88 Å². The van der Waals surface area contributed by atoms with Gasteiger partial charge < -0.3 is 9.30 Å². The first-order valence-electron chi connectivity index (χ1n) is 9.25. The third-order valence-electron chi connectivity index (χ3n) is 5.16. The van der Waals surface area contributed by atoms with Gasteiger partial charge in [-0.15, -0.1) is 0 Å². The summed E-state index contributed by atoms with van der Waals surface area (Å²) in [7, 11) is 2.02. The zero-order chi connectivity index (χ0) is 18.2. The summed E-state index contributed by atoms with van der Waals surface area (Å²) >= 11 is 0. The minimum atomic E-state index is 0.422. The summed E-state index contributed by atoms with van der Waals surface area (Å²) in [5.74, 6) is 0.664. The van der Waals surface area contributed by atoms with Crippen LogP contribution >= 0.6 is 0 Å². The predicted molar refractivity (Wildman–Crippen MR) is 105 cm³/mol. The van der Waals surface area contributed by atoms with Crippen LogP contribution in [0.25, 0.3) is 22.2 Å². The van der Waals surface area contributed by atoms with Crippen molar-refractivity contribution in [2.45, 2.75) is 25.9 Å². The second-order valence-corrected chi connectivity index (χ2v) is 6.96. The van der Waals surface area contributed by atoms with E-state index in [4.69, 9.17) is 9.72 Å². The van der Waals surface area contributed by atoms with E-state index in [1.165, 1.54) is 16.7 Å². The first-order chi connectivity index (χ1) is 13.3. The third kappa shape index (κ3) is 2.95. The molecule has 0 atom stereocenters. The maximum atomic E-state index is 5.98. The summed E-state index contributed by atoms with van der Waals surface area (Å²) in [5.41, 5.74) is 7.92. The second-order valence-electron chi connectivity index (χ2n) is 6.96. The van der Waals surface area contributed by atoms with Gasteiger partial charge in [0.25, 0.3) is 0 Å². The summed E-state index contributed by atoms with van der Waals surface area (Å²) in [6, 6.07) is 14.4. The molecule has 0 unspecified atom stereocenters. The molecule has 0 aliphatic heterocycles. The van der Waals surface area contributed by atoms with E-state index < -0.39 is 0 Å². The number of hydrogen-bond acceptors (Lipinski definition) is 4. The second kappa shape index (κ2) is 6.50. The first kappa shape index (κ1) is 16.0. The average molecular weight is 356 g/mol. The highest BCUT2D eigenvalue weighted by atomic mass is 16.5. The van der Waals surface area contributed by atoms with E-state index in [0.717, 1.165) is 41.7 Å². The van der Waals surface area contributed by atoms with Gasteiger partial charge in [0.1, 0.15) is 6.61 Å². The average Bonchev–Trinajstić information content (AvgIpc) is 3.33. The lowest BCUT2D eigenvalue weighted by Gasteiger charge is -2.12. The molecule has 1 aromatic carbocycles. The standard InChI is InChI=1S/C22H20N4O/c1-26-14-24-20-11-15(8-9-21(20)26)18-12-22(25-19-7-4-6-17(18)19)27-13-16-5-2-3-10-23-16/h2-3,5,8-12,14H,4,6-7,13H2,1H3. The molecule has 0 bridgehead atoms. The van der Waals surface area contributed by atoms with Gasteiger partial charge >= 0.3 is 0 Å². The van der Waals surface area contributed by atoms with Gasteiger partial charge in [-0.3, -0.25) is 4.98 Å². The molecule has 0 amide bonds. The molecule has 0 saturated carbocycles. The lowest BCUT2D eigenvalue weighted by Crippen LogP contribution is -2.02.